The van der Waals surface area contributed by atoms with E-state index in [0.717, 1.165) is 57.8 Å². The Morgan fingerprint density at radius 2 is 1.81 bits per heavy atom. The van der Waals surface area contributed by atoms with Gasteiger partial charge in [0.05, 0.1) is 18.3 Å². The van der Waals surface area contributed by atoms with E-state index in [4.69, 9.17) is 9.26 Å². The van der Waals surface area contributed by atoms with E-state index in [1.807, 2.05) is 55.5 Å². The van der Waals surface area contributed by atoms with Crippen LogP contribution in [0.3, 0.4) is 0 Å². The Labute approximate surface area is 152 Å². The van der Waals surface area contributed by atoms with E-state index < -0.39 is 0 Å². The molecular weight excluding hydrogens is 324 g/mol. The van der Waals surface area contributed by atoms with Crippen molar-refractivity contribution in [3.8, 4) is 28.2 Å². The topological polar surface area (TPSA) is 48.2 Å². The molecule has 4 aromatic rings. The molecular formula is C22H20N2O2. The summed E-state index contributed by atoms with van der Waals surface area (Å²) >= 11 is 0. The summed E-state index contributed by atoms with van der Waals surface area (Å²) in [6, 6.07) is 18.2. The van der Waals surface area contributed by atoms with Crippen LogP contribution in [0.4, 0.5) is 0 Å². The van der Waals surface area contributed by atoms with Gasteiger partial charge in [0.1, 0.15) is 5.75 Å². The third kappa shape index (κ3) is 3.06. The van der Waals surface area contributed by atoms with Gasteiger partial charge in [-0.1, -0.05) is 42.4 Å². The van der Waals surface area contributed by atoms with E-state index in [2.05, 4.69) is 23.1 Å². The standard InChI is InChI=1S/C22H20N2O2/c1-3-12-25-17-10-8-16(9-11-17)20-14-23-26-22(20)19-13-15(2)24-21-7-5-4-6-18(19)21/h4-11,13-14H,3,12H2,1-2H3. The molecule has 4 heteroatoms. The highest BCUT2D eigenvalue weighted by Gasteiger charge is 2.16. The fraction of sp³-hybridized carbons (Fsp3) is 0.182. The second kappa shape index (κ2) is 7.00. The van der Waals surface area contributed by atoms with Crippen molar-refractivity contribution in [3.63, 3.8) is 0 Å². The van der Waals surface area contributed by atoms with Gasteiger partial charge in [0, 0.05) is 22.2 Å². The molecule has 0 aliphatic heterocycles. The summed E-state index contributed by atoms with van der Waals surface area (Å²) in [6.45, 7) is 4.81. The van der Waals surface area contributed by atoms with Crippen molar-refractivity contribution in [1.29, 1.82) is 0 Å². The Balaban J connectivity index is 1.79. The Bertz CT molecular complexity index is 1040. The zero-order valence-electron chi connectivity index (χ0n) is 14.9. The molecule has 0 bridgehead atoms. The number of hydrogen-bond acceptors (Lipinski definition) is 4. The molecule has 0 spiro atoms. The van der Waals surface area contributed by atoms with E-state index in [1.165, 1.54) is 0 Å². The summed E-state index contributed by atoms with van der Waals surface area (Å²) in [5, 5.41) is 5.11. The minimum absolute atomic E-state index is 0.722. The van der Waals surface area contributed by atoms with Gasteiger partial charge in [-0.3, -0.25) is 4.98 Å². The smallest absolute Gasteiger partial charge is 0.175 e. The lowest BCUT2D eigenvalue weighted by Crippen LogP contribution is -1.94. The summed E-state index contributed by atoms with van der Waals surface area (Å²) in [5.74, 6) is 1.63. The second-order valence-electron chi connectivity index (χ2n) is 6.27. The van der Waals surface area contributed by atoms with Crippen molar-refractivity contribution >= 4 is 10.9 Å². The van der Waals surface area contributed by atoms with Gasteiger partial charge in [0.15, 0.2) is 5.76 Å². The molecule has 0 aliphatic carbocycles. The van der Waals surface area contributed by atoms with Gasteiger partial charge in [-0.15, -0.1) is 0 Å². The molecule has 0 saturated carbocycles. The van der Waals surface area contributed by atoms with E-state index in [-0.39, 0.29) is 0 Å². The molecule has 0 amide bonds. The number of aryl methyl sites for hydroxylation is 1. The summed E-state index contributed by atoms with van der Waals surface area (Å²) in [7, 11) is 0. The molecule has 0 radical (unpaired) electrons. The molecule has 4 rings (SSSR count). The number of hydrogen-bond donors (Lipinski definition) is 0. The maximum atomic E-state index is 5.67. The van der Waals surface area contributed by atoms with Gasteiger partial charge in [-0.05, 0) is 43.2 Å². The quantitative estimate of drug-likeness (QED) is 0.469. The van der Waals surface area contributed by atoms with Crippen LogP contribution in [-0.4, -0.2) is 16.7 Å². The normalized spacial score (nSPS) is 11.0. The zero-order chi connectivity index (χ0) is 17.9. The lowest BCUT2D eigenvalue weighted by atomic mass is 9.99. The Morgan fingerprint density at radius 3 is 2.62 bits per heavy atom. The van der Waals surface area contributed by atoms with Crippen LogP contribution >= 0.6 is 0 Å². The van der Waals surface area contributed by atoms with E-state index in [1.54, 1.807) is 6.20 Å². The number of nitrogens with zero attached hydrogens (tertiary/aromatic N) is 2. The van der Waals surface area contributed by atoms with Gasteiger partial charge in [-0.2, -0.15) is 0 Å². The lowest BCUT2D eigenvalue weighted by molar-refractivity contribution is 0.317. The molecule has 130 valence electrons. The fourth-order valence-electron chi connectivity index (χ4n) is 3.09. The predicted octanol–water partition coefficient (Wildman–Crippen LogP) is 5.65. The Kier molecular flexibility index (Phi) is 4.40. The number of rotatable bonds is 5. The predicted molar refractivity (Wildman–Crippen MR) is 103 cm³/mol. The molecule has 0 saturated heterocycles. The Morgan fingerprint density at radius 1 is 1.00 bits per heavy atom. The first kappa shape index (κ1) is 16.3. The van der Waals surface area contributed by atoms with Crippen molar-refractivity contribution in [2.45, 2.75) is 20.3 Å². The third-order valence-electron chi connectivity index (χ3n) is 4.30. The third-order valence-corrected chi connectivity index (χ3v) is 4.30. The van der Waals surface area contributed by atoms with Crippen LogP contribution in [0.25, 0.3) is 33.4 Å². The minimum atomic E-state index is 0.722. The number of ether oxygens (including phenoxy) is 1. The van der Waals surface area contributed by atoms with Crippen molar-refractivity contribution in [2.24, 2.45) is 0 Å². The molecule has 0 aliphatic rings. The highest BCUT2D eigenvalue weighted by Crippen LogP contribution is 2.36. The Hall–Kier alpha value is -3.14. The van der Waals surface area contributed by atoms with Crippen molar-refractivity contribution < 1.29 is 9.26 Å². The van der Waals surface area contributed by atoms with Crippen LogP contribution in [0, 0.1) is 6.92 Å². The van der Waals surface area contributed by atoms with Gasteiger partial charge in [-0.25, -0.2) is 0 Å². The largest absolute Gasteiger partial charge is 0.494 e. The number of fused-ring (bicyclic) bond motifs is 1. The molecule has 0 unspecified atom stereocenters. The van der Waals surface area contributed by atoms with Gasteiger partial charge < -0.3 is 9.26 Å². The second-order valence-corrected chi connectivity index (χ2v) is 6.27. The summed E-state index contributed by atoms with van der Waals surface area (Å²) in [6.07, 6.45) is 2.76. The van der Waals surface area contributed by atoms with E-state index in [9.17, 15) is 0 Å². The lowest BCUT2D eigenvalue weighted by Gasteiger charge is -2.08. The molecule has 0 fully saturated rings. The van der Waals surface area contributed by atoms with Crippen LogP contribution < -0.4 is 4.74 Å². The number of para-hydroxylation sites is 1. The van der Waals surface area contributed by atoms with Crippen molar-refractivity contribution in [2.75, 3.05) is 6.61 Å². The highest BCUT2D eigenvalue weighted by atomic mass is 16.5. The van der Waals surface area contributed by atoms with Crippen LogP contribution in [0.15, 0.2) is 65.3 Å². The molecule has 2 aromatic heterocycles. The first-order valence-corrected chi connectivity index (χ1v) is 8.81. The SMILES string of the molecule is CCCOc1ccc(-c2cnoc2-c2cc(C)nc3ccccc23)cc1. The van der Waals surface area contributed by atoms with E-state index in [0.29, 0.717) is 0 Å². The monoisotopic (exact) mass is 344 g/mol. The molecule has 2 aromatic carbocycles. The average Bonchev–Trinajstić information content (AvgIpc) is 3.15. The first-order valence-electron chi connectivity index (χ1n) is 8.81. The molecule has 0 N–H and O–H groups in total. The van der Waals surface area contributed by atoms with Crippen LogP contribution in [0.5, 0.6) is 5.75 Å². The highest BCUT2D eigenvalue weighted by molar-refractivity contribution is 5.96. The summed E-state index contributed by atoms with van der Waals surface area (Å²) in [4.78, 5) is 4.61. The van der Waals surface area contributed by atoms with Crippen LogP contribution in [-0.2, 0) is 0 Å². The molecule has 26 heavy (non-hydrogen) atoms. The van der Waals surface area contributed by atoms with Crippen LogP contribution in [0.2, 0.25) is 0 Å². The fourth-order valence-corrected chi connectivity index (χ4v) is 3.09. The van der Waals surface area contributed by atoms with Crippen molar-refractivity contribution in [3.05, 3.63) is 66.5 Å². The number of pyridine rings is 1. The van der Waals surface area contributed by atoms with Crippen LogP contribution in [0.1, 0.15) is 19.0 Å². The summed E-state index contributed by atoms with van der Waals surface area (Å²) in [5.41, 5.74) is 4.91. The first-order chi connectivity index (χ1) is 12.8. The molecule has 2 heterocycles. The van der Waals surface area contributed by atoms with Gasteiger partial charge in [0.25, 0.3) is 0 Å². The molecule has 0 atom stereocenters. The van der Waals surface area contributed by atoms with Gasteiger partial charge >= 0.3 is 0 Å². The van der Waals surface area contributed by atoms with Crippen molar-refractivity contribution in [1.82, 2.24) is 10.1 Å². The number of benzene rings is 2. The zero-order valence-corrected chi connectivity index (χ0v) is 14.9. The summed E-state index contributed by atoms with van der Waals surface area (Å²) < 4.78 is 11.3. The average molecular weight is 344 g/mol. The maximum Gasteiger partial charge on any atom is 0.175 e. The maximum absolute atomic E-state index is 5.67. The minimum Gasteiger partial charge on any atom is -0.494 e. The molecule has 4 nitrogen and oxygen atoms in total. The number of aromatic nitrogens is 2. The van der Waals surface area contributed by atoms with Gasteiger partial charge in [0.2, 0.25) is 0 Å². The van der Waals surface area contributed by atoms with E-state index >= 15 is 0 Å².